The molecule has 0 fully saturated rings. The van der Waals surface area contributed by atoms with Gasteiger partial charge in [0.25, 0.3) is 0 Å². The Bertz CT molecular complexity index is 895. The molecule has 0 aliphatic rings. The molecule has 7 heteroatoms. The average Bonchev–Trinajstić information content (AvgIpc) is 2.70. The van der Waals surface area contributed by atoms with Crippen LogP contribution in [0.2, 0.25) is 18.1 Å². The molecule has 0 spiro atoms. The average molecular weight is 450 g/mol. The van der Waals surface area contributed by atoms with Crippen LogP contribution in [0.4, 0.5) is 8.78 Å². The fraction of sp³-hybridized carbons (Fsp3) is 0.458. The number of rotatable bonds is 10. The summed E-state index contributed by atoms with van der Waals surface area (Å²) in [5.74, 6) is 0.300. The van der Waals surface area contributed by atoms with Crippen molar-refractivity contribution < 1.29 is 22.7 Å². The maximum Gasteiger partial charge on any atom is 0.387 e. The number of benzene rings is 1. The first kappa shape index (κ1) is 25.0. The summed E-state index contributed by atoms with van der Waals surface area (Å²) >= 11 is 0. The monoisotopic (exact) mass is 449 g/mol. The predicted molar refractivity (Wildman–Crippen MR) is 124 cm³/mol. The molecule has 1 heterocycles. The molecule has 0 radical (unpaired) electrons. The van der Waals surface area contributed by atoms with Crippen LogP contribution in [0.1, 0.15) is 39.7 Å². The van der Waals surface area contributed by atoms with E-state index < -0.39 is 14.9 Å². The summed E-state index contributed by atoms with van der Waals surface area (Å²) in [4.78, 5) is 4.34. The molecule has 0 atom stereocenters. The van der Waals surface area contributed by atoms with Crippen LogP contribution in [-0.4, -0.2) is 33.1 Å². The molecule has 0 aliphatic heterocycles. The number of alkyl halides is 2. The Kier molecular flexibility index (Phi) is 8.37. The Morgan fingerprint density at radius 1 is 1.10 bits per heavy atom. The third-order valence-electron chi connectivity index (χ3n) is 5.51. The van der Waals surface area contributed by atoms with Crippen molar-refractivity contribution in [3.8, 4) is 22.6 Å². The van der Waals surface area contributed by atoms with E-state index in [1.807, 2.05) is 13.0 Å². The van der Waals surface area contributed by atoms with Crippen molar-refractivity contribution in [1.29, 1.82) is 0 Å². The molecular weight excluding hydrogens is 416 g/mol. The highest BCUT2D eigenvalue weighted by atomic mass is 28.4. The van der Waals surface area contributed by atoms with Crippen molar-refractivity contribution in [3.05, 3.63) is 48.8 Å². The first-order valence-electron chi connectivity index (χ1n) is 10.4. The fourth-order valence-corrected chi connectivity index (χ4v) is 3.53. The van der Waals surface area contributed by atoms with Gasteiger partial charge in [0.1, 0.15) is 0 Å². The van der Waals surface area contributed by atoms with Gasteiger partial charge in [-0.2, -0.15) is 8.78 Å². The molecule has 4 nitrogen and oxygen atoms in total. The van der Waals surface area contributed by atoms with Crippen LogP contribution in [0, 0.1) is 0 Å². The van der Waals surface area contributed by atoms with Gasteiger partial charge < -0.3 is 13.9 Å². The summed E-state index contributed by atoms with van der Waals surface area (Å²) in [5.41, 5.74) is 3.34. The number of ether oxygens (including phenoxy) is 2. The second-order valence-electron chi connectivity index (χ2n) is 9.00. The lowest BCUT2D eigenvalue weighted by Crippen LogP contribution is -2.41. The molecule has 1 aromatic heterocycles. The van der Waals surface area contributed by atoms with Gasteiger partial charge in [0, 0.05) is 18.0 Å². The number of nitrogens with zero attached hydrogens (tertiary/aromatic N) is 1. The Labute approximate surface area is 185 Å². The van der Waals surface area contributed by atoms with Crippen LogP contribution >= 0.6 is 0 Å². The van der Waals surface area contributed by atoms with E-state index in [9.17, 15) is 8.78 Å². The highest BCUT2D eigenvalue weighted by Crippen LogP contribution is 2.37. The Hall–Kier alpha value is -2.25. The van der Waals surface area contributed by atoms with E-state index in [-0.39, 0.29) is 16.5 Å². The zero-order chi connectivity index (χ0) is 23.2. The number of halogens is 2. The SMILES string of the molecule is C=C(CO[Si](C)(C)C(C)(C)C)c1cncc(-c2ccc(OC(F)F)c(OCCC)c2)c1. The normalized spacial score (nSPS) is 12.2. The third kappa shape index (κ3) is 6.87. The quantitative estimate of drug-likeness (QED) is 0.360. The van der Waals surface area contributed by atoms with Gasteiger partial charge in [-0.25, -0.2) is 0 Å². The lowest BCUT2D eigenvalue weighted by Gasteiger charge is -2.36. The zero-order valence-corrected chi connectivity index (χ0v) is 20.3. The Morgan fingerprint density at radius 2 is 1.81 bits per heavy atom. The number of pyridine rings is 1. The minimum absolute atomic E-state index is 0.0171. The minimum atomic E-state index is -2.91. The summed E-state index contributed by atoms with van der Waals surface area (Å²) in [6, 6.07) is 6.88. The molecule has 0 amide bonds. The van der Waals surface area contributed by atoms with Crippen LogP contribution in [0.3, 0.4) is 0 Å². The molecule has 31 heavy (non-hydrogen) atoms. The van der Waals surface area contributed by atoms with Gasteiger partial charge in [-0.15, -0.1) is 0 Å². The van der Waals surface area contributed by atoms with Gasteiger partial charge in [0.05, 0.1) is 13.2 Å². The standard InChI is InChI=1S/C24H33F2NO3Si/c1-8-11-28-22-13-18(9-10-21(22)30-23(25)26)20-12-19(14-27-15-20)17(2)16-29-31(6,7)24(3,4)5/h9-10,12-15,23H,2,8,11,16H2,1,3-7H3. The molecule has 0 N–H and O–H groups in total. The van der Waals surface area contributed by atoms with Crippen LogP contribution in [0.15, 0.2) is 43.2 Å². The van der Waals surface area contributed by atoms with E-state index in [2.05, 4.69) is 50.2 Å². The molecule has 1 aromatic carbocycles. The van der Waals surface area contributed by atoms with Crippen molar-refractivity contribution in [1.82, 2.24) is 4.98 Å². The van der Waals surface area contributed by atoms with Gasteiger partial charge in [-0.1, -0.05) is 40.3 Å². The van der Waals surface area contributed by atoms with E-state index in [1.54, 1.807) is 24.5 Å². The molecule has 0 aliphatic carbocycles. The lowest BCUT2D eigenvalue weighted by molar-refractivity contribution is -0.0514. The molecule has 0 bridgehead atoms. The largest absolute Gasteiger partial charge is 0.490 e. The fourth-order valence-electron chi connectivity index (χ4n) is 2.56. The number of aromatic nitrogens is 1. The summed E-state index contributed by atoms with van der Waals surface area (Å²) in [5, 5.41) is 0.115. The zero-order valence-electron chi connectivity index (χ0n) is 19.3. The number of hydrogen-bond acceptors (Lipinski definition) is 4. The smallest absolute Gasteiger partial charge is 0.387 e. The van der Waals surface area contributed by atoms with Gasteiger partial charge >= 0.3 is 6.61 Å². The summed E-state index contributed by atoms with van der Waals surface area (Å²) in [6.07, 6.45) is 4.23. The molecular formula is C24H33F2NO3Si. The van der Waals surface area contributed by atoms with E-state index >= 15 is 0 Å². The molecule has 0 saturated heterocycles. The topological polar surface area (TPSA) is 40.6 Å². The molecule has 2 aromatic rings. The Morgan fingerprint density at radius 3 is 2.42 bits per heavy atom. The predicted octanol–water partition coefficient (Wildman–Crippen LogP) is 7.17. The van der Waals surface area contributed by atoms with Gasteiger partial charge in [-0.05, 0) is 59.5 Å². The summed E-state index contributed by atoms with van der Waals surface area (Å²) in [7, 11) is -1.89. The van der Waals surface area contributed by atoms with Crippen molar-refractivity contribution in [2.75, 3.05) is 13.2 Å². The van der Waals surface area contributed by atoms with E-state index in [0.29, 0.717) is 13.2 Å². The van der Waals surface area contributed by atoms with Gasteiger partial charge in [0.15, 0.2) is 19.8 Å². The maximum atomic E-state index is 12.7. The van der Waals surface area contributed by atoms with E-state index in [0.717, 1.165) is 28.7 Å². The lowest BCUT2D eigenvalue weighted by atomic mass is 10.0. The van der Waals surface area contributed by atoms with Crippen molar-refractivity contribution >= 4 is 13.9 Å². The maximum absolute atomic E-state index is 12.7. The second-order valence-corrected chi connectivity index (χ2v) is 13.8. The molecule has 0 unspecified atom stereocenters. The van der Waals surface area contributed by atoms with Crippen LogP contribution in [0.5, 0.6) is 11.5 Å². The van der Waals surface area contributed by atoms with Crippen LogP contribution in [0.25, 0.3) is 16.7 Å². The van der Waals surface area contributed by atoms with E-state index in [4.69, 9.17) is 9.16 Å². The van der Waals surface area contributed by atoms with Crippen LogP contribution in [-0.2, 0) is 4.43 Å². The van der Waals surface area contributed by atoms with Crippen molar-refractivity contribution in [2.45, 2.75) is 58.9 Å². The second kappa shape index (κ2) is 10.4. The van der Waals surface area contributed by atoms with Crippen molar-refractivity contribution in [3.63, 3.8) is 0 Å². The minimum Gasteiger partial charge on any atom is -0.490 e. The van der Waals surface area contributed by atoms with Gasteiger partial charge in [-0.3, -0.25) is 4.98 Å². The Balaban J connectivity index is 2.25. The molecule has 0 saturated carbocycles. The van der Waals surface area contributed by atoms with Gasteiger partial charge in [0.2, 0.25) is 0 Å². The highest BCUT2D eigenvalue weighted by molar-refractivity contribution is 6.74. The summed E-state index contributed by atoms with van der Waals surface area (Å²) in [6.45, 7) is 15.1. The van der Waals surface area contributed by atoms with Crippen LogP contribution < -0.4 is 9.47 Å². The summed E-state index contributed by atoms with van der Waals surface area (Å²) < 4.78 is 41.9. The third-order valence-corrected chi connectivity index (χ3v) is 9.99. The first-order chi connectivity index (χ1) is 14.4. The molecule has 2 rings (SSSR count). The number of hydrogen-bond donors (Lipinski definition) is 0. The van der Waals surface area contributed by atoms with E-state index in [1.165, 1.54) is 6.07 Å². The highest BCUT2D eigenvalue weighted by Gasteiger charge is 2.37. The van der Waals surface area contributed by atoms with Crippen molar-refractivity contribution in [2.24, 2.45) is 0 Å². The molecule has 170 valence electrons. The first-order valence-corrected chi connectivity index (χ1v) is 13.3.